The van der Waals surface area contributed by atoms with Gasteiger partial charge in [0.15, 0.2) is 0 Å². The number of carbonyl (C=O) groups excluding carboxylic acids is 3. The molecule has 0 aromatic heterocycles. The first-order valence-electron chi connectivity index (χ1n) is 12.6. The Bertz CT molecular complexity index is 1410. The Labute approximate surface area is 222 Å². The van der Waals surface area contributed by atoms with E-state index < -0.39 is 53.2 Å². The first-order chi connectivity index (χ1) is 17.9. The fourth-order valence-corrected chi connectivity index (χ4v) is 5.54. The van der Waals surface area contributed by atoms with Crippen molar-refractivity contribution in [3.05, 3.63) is 94.3 Å². The molecule has 3 aromatic carbocycles. The number of aryl methyl sites for hydroxylation is 4. The number of nitrogens with one attached hydrogen (secondary N) is 2. The normalized spacial score (nSPS) is 23.1. The van der Waals surface area contributed by atoms with Crippen LogP contribution in [0.5, 0.6) is 0 Å². The van der Waals surface area contributed by atoms with Crippen LogP contribution in [0.25, 0.3) is 0 Å². The second-order valence-corrected chi connectivity index (χ2v) is 10.6. The van der Waals surface area contributed by atoms with E-state index in [1.54, 1.807) is 18.2 Å². The van der Waals surface area contributed by atoms with E-state index in [2.05, 4.69) is 10.6 Å². The molecule has 1 aliphatic carbocycles. The molecule has 0 aliphatic heterocycles. The Hall–Kier alpha value is -3.84. The standard InChI is InChI=1S/C31H33FN2O4/c1-17-10-12-23(19(3)14-17)33-29(36)27-25(35)16-31(5,38)28(26(27)21-8-6-7-9-22(21)32)30(37)34-24-13-11-18(2)15-20(24)4/h6-15,26-28,38H,16H2,1-5H3,(H,33,36)(H,34,37). The van der Waals surface area contributed by atoms with Gasteiger partial charge in [-0.3, -0.25) is 14.4 Å². The minimum atomic E-state index is -1.82. The third kappa shape index (κ3) is 5.38. The number of benzene rings is 3. The minimum absolute atomic E-state index is 0.0300. The van der Waals surface area contributed by atoms with E-state index in [-0.39, 0.29) is 5.56 Å². The molecule has 0 spiro atoms. The number of hydrogen-bond donors (Lipinski definition) is 3. The summed E-state index contributed by atoms with van der Waals surface area (Å²) in [6.45, 7) is 8.94. The molecule has 6 nitrogen and oxygen atoms in total. The molecule has 198 valence electrons. The summed E-state index contributed by atoms with van der Waals surface area (Å²) in [6, 6.07) is 16.8. The fourth-order valence-electron chi connectivity index (χ4n) is 5.54. The van der Waals surface area contributed by atoms with Crippen molar-refractivity contribution < 1.29 is 23.9 Å². The highest BCUT2D eigenvalue weighted by atomic mass is 19.1. The number of carbonyl (C=O) groups is 3. The zero-order valence-corrected chi connectivity index (χ0v) is 22.3. The van der Waals surface area contributed by atoms with Crippen molar-refractivity contribution in [2.75, 3.05) is 10.6 Å². The highest BCUT2D eigenvalue weighted by Crippen LogP contribution is 2.47. The maximum absolute atomic E-state index is 15.2. The summed E-state index contributed by atoms with van der Waals surface area (Å²) in [6.07, 6.45) is -0.423. The number of amides is 2. The predicted octanol–water partition coefficient (Wildman–Crippen LogP) is 5.38. The molecule has 7 heteroatoms. The fraction of sp³-hybridized carbons (Fsp3) is 0.323. The monoisotopic (exact) mass is 516 g/mol. The smallest absolute Gasteiger partial charge is 0.235 e. The van der Waals surface area contributed by atoms with Crippen molar-refractivity contribution in [2.45, 2.75) is 52.6 Å². The Balaban J connectivity index is 1.79. The summed E-state index contributed by atoms with van der Waals surface area (Å²) in [5, 5.41) is 17.1. The quantitative estimate of drug-likeness (QED) is 0.397. The van der Waals surface area contributed by atoms with Crippen LogP contribution in [-0.2, 0) is 14.4 Å². The lowest BCUT2D eigenvalue weighted by Gasteiger charge is -2.44. The largest absolute Gasteiger partial charge is 0.389 e. The molecule has 1 aliphatic rings. The topological polar surface area (TPSA) is 95.5 Å². The van der Waals surface area contributed by atoms with Crippen LogP contribution < -0.4 is 10.6 Å². The lowest BCUT2D eigenvalue weighted by atomic mass is 9.61. The van der Waals surface area contributed by atoms with Gasteiger partial charge in [0.25, 0.3) is 0 Å². The molecular formula is C31H33FN2O4. The summed E-state index contributed by atoms with van der Waals surface area (Å²) < 4.78 is 15.2. The van der Waals surface area contributed by atoms with Gasteiger partial charge in [-0.2, -0.15) is 0 Å². The van der Waals surface area contributed by atoms with Gasteiger partial charge in [0, 0.05) is 23.7 Å². The molecule has 3 N–H and O–H groups in total. The molecule has 0 saturated heterocycles. The Morgan fingerprint density at radius 2 is 1.39 bits per heavy atom. The van der Waals surface area contributed by atoms with E-state index in [0.29, 0.717) is 11.4 Å². The molecule has 2 amide bonds. The number of hydrogen-bond acceptors (Lipinski definition) is 4. The van der Waals surface area contributed by atoms with Crippen LogP contribution in [-0.4, -0.2) is 28.3 Å². The van der Waals surface area contributed by atoms with E-state index in [4.69, 9.17) is 0 Å². The van der Waals surface area contributed by atoms with Crippen molar-refractivity contribution in [1.82, 2.24) is 0 Å². The van der Waals surface area contributed by atoms with Crippen LogP contribution in [0, 0.1) is 45.3 Å². The number of Topliss-reactive ketones (excluding diaryl/α,β-unsaturated/α-hetero) is 1. The first-order valence-corrected chi connectivity index (χ1v) is 12.6. The number of halogens is 1. The van der Waals surface area contributed by atoms with Gasteiger partial charge in [-0.25, -0.2) is 4.39 Å². The van der Waals surface area contributed by atoms with Gasteiger partial charge >= 0.3 is 0 Å². The van der Waals surface area contributed by atoms with E-state index in [9.17, 15) is 19.5 Å². The van der Waals surface area contributed by atoms with Crippen LogP contribution >= 0.6 is 0 Å². The molecule has 1 saturated carbocycles. The molecule has 4 unspecified atom stereocenters. The van der Waals surface area contributed by atoms with Crippen LogP contribution in [0.1, 0.15) is 47.1 Å². The van der Waals surface area contributed by atoms with Crippen LogP contribution in [0.4, 0.5) is 15.8 Å². The Morgan fingerprint density at radius 3 is 1.92 bits per heavy atom. The lowest BCUT2D eigenvalue weighted by molar-refractivity contribution is -0.150. The molecule has 3 aromatic rings. The van der Waals surface area contributed by atoms with Crippen LogP contribution in [0.2, 0.25) is 0 Å². The van der Waals surface area contributed by atoms with Gasteiger partial charge in [0.05, 0.1) is 11.5 Å². The molecule has 0 bridgehead atoms. The number of rotatable bonds is 5. The summed E-state index contributed by atoms with van der Waals surface area (Å²) in [7, 11) is 0. The van der Waals surface area contributed by atoms with Crippen molar-refractivity contribution in [3.8, 4) is 0 Å². The summed E-state index contributed by atoms with van der Waals surface area (Å²) >= 11 is 0. The molecule has 1 fully saturated rings. The number of anilines is 2. The zero-order chi connectivity index (χ0) is 27.8. The highest BCUT2D eigenvalue weighted by Gasteiger charge is 2.56. The van der Waals surface area contributed by atoms with Crippen LogP contribution in [0.3, 0.4) is 0 Å². The molecular weight excluding hydrogens is 483 g/mol. The van der Waals surface area contributed by atoms with Crippen molar-refractivity contribution in [3.63, 3.8) is 0 Å². The maximum Gasteiger partial charge on any atom is 0.235 e. The third-order valence-electron chi connectivity index (χ3n) is 7.38. The van der Waals surface area contributed by atoms with Gasteiger partial charge in [0.1, 0.15) is 17.5 Å². The van der Waals surface area contributed by atoms with Gasteiger partial charge in [-0.05, 0) is 69.5 Å². The molecule has 4 rings (SSSR count). The predicted molar refractivity (Wildman–Crippen MR) is 145 cm³/mol. The highest BCUT2D eigenvalue weighted by molar-refractivity contribution is 6.10. The summed E-state index contributed by atoms with van der Waals surface area (Å²) in [5.74, 6) is -6.35. The minimum Gasteiger partial charge on any atom is -0.389 e. The van der Waals surface area contributed by atoms with Gasteiger partial charge in [0.2, 0.25) is 11.8 Å². The average Bonchev–Trinajstić information content (AvgIpc) is 2.81. The average molecular weight is 517 g/mol. The van der Waals surface area contributed by atoms with Gasteiger partial charge in [-0.15, -0.1) is 0 Å². The van der Waals surface area contributed by atoms with Crippen molar-refractivity contribution in [1.29, 1.82) is 0 Å². The Morgan fingerprint density at radius 1 is 0.868 bits per heavy atom. The maximum atomic E-state index is 15.2. The summed E-state index contributed by atoms with van der Waals surface area (Å²) in [4.78, 5) is 40.9. The third-order valence-corrected chi connectivity index (χ3v) is 7.38. The van der Waals surface area contributed by atoms with E-state index in [1.165, 1.54) is 25.1 Å². The van der Waals surface area contributed by atoms with Crippen LogP contribution in [0.15, 0.2) is 60.7 Å². The number of ketones is 1. The SMILES string of the molecule is Cc1ccc(NC(=O)C2C(=O)CC(C)(O)C(C(=O)Nc3ccc(C)cc3C)C2c2ccccc2F)c(C)c1. The Kier molecular flexibility index (Phi) is 7.51. The zero-order valence-electron chi connectivity index (χ0n) is 22.3. The van der Waals surface area contributed by atoms with E-state index in [1.807, 2.05) is 52.0 Å². The lowest BCUT2D eigenvalue weighted by Crippen LogP contribution is -2.56. The summed E-state index contributed by atoms with van der Waals surface area (Å²) in [5.41, 5.74) is 2.93. The van der Waals surface area contributed by atoms with Gasteiger partial charge in [-0.1, -0.05) is 53.6 Å². The molecule has 38 heavy (non-hydrogen) atoms. The van der Waals surface area contributed by atoms with Gasteiger partial charge < -0.3 is 15.7 Å². The van der Waals surface area contributed by atoms with E-state index >= 15 is 4.39 Å². The molecule has 0 radical (unpaired) electrons. The second kappa shape index (κ2) is 10.5. The molecule has 0 heterocycles. The molecule has 4 atom stereocenters. The first kappa shape index (κ1) is 27.2. The number of aliphatic hydroxyl groups is 1. The van der Waals surface area contributed by atoms with Crippen molar-refractivity contribution >= 4 is 29.0 Å². The second-order valence-electron chi connectivity index (χ2n) is 10.6. The van der Waals surface area contributed by atoms with Crippen molar-refractivity contribution in [2.24, 2.45) is 11.8 Å². The van der Waals surface area contributed by atoms with E-state index in [0.717, 1.165) is 22.3 Å².